The van der Waals surface area contributed by atoms with Crippen LogP contribution in [0, 0.1) is 5.82 Å². The number of nitrogens with two attached hydrogens (primary N) is 1. The maximum atomic E-state index is 13.1. The van der Waals surface area contributed by atoms with Crippen LogP contribution in [0.15, 0.2) is 40.6 Å². The van der Waals surface area contributed by atoms with Gasteiger partial charge >= 0.3 is 0 Å². The van der Waals surface area contributed by atoms with Gasteiger partial charge in [-0.05, 0) is 29.6 Å². The summed E-state index contributed by atoms with van der Waals surface area (Å²) in [6.07, 6.45) is 0. The van der Waals surface area contributed by atoms with Gasteiger partial charge in [-0.1, -0.05) is 6.07 Å². The second-order valence-electron chi connectivity index (χ2n) is 3.62. The van der Waals surface area contributed by atoms with Gasteiger partial charge in [0.1, 0.15) is 5.82 Å². The van der Waals surface area contributed by atoms with Crippen LogP contribution in [0.4, 0.5) is 10.1 Å². The number of anilines is 1. The summed E-state index contributed by atoms with van der Waals surface area (Å²) in [6, 6.07) is 6.87. The molecular formula is C11H11FN2O2S2. The first-order valence-corrected chi connectivity index (χ1v) is 7.42. The van der Waals surface area contributed by atoms with Crippen molar-refractivity contribution < 1.29 is 12.8 Å². The van der Waals surface area contributed by atoms with Crippen LogP contribution in [-0.4, -0.2) is 8.42 Å². The fourth-order valence-corrected chi connectivity index (χ4v) is 3.21. The van der Waals surface area contributed by atoms with E-state index in [0.29, 0.717) is 0 Å². The average Bonchev–Trinajstić information content (AvgIpc) is 2.78. The zero-order valence-electron chi connectivity index (χ0n) is 9.26. The Bertz CT molecular complexity index is 619. The molecule has 2 rings (SSSR count). The first-order valence-electron chi connectivity index (χ1n) is 5.05. The van der Waals surface area contributed by atoms with Crippen molar-refractivity contribution in [3.8, 4) is 0 Å². The number of hydrogen-bond acceptors (Lipinski definition) is 4. The Labute approximate surface area is 108 Å². The Morgan fingerprint density at radius 2 is 2.11 bits per heavy atom. The Morgan fingerprint density at radius 3 is 2.72 bits per heavy atom. The molecule has 0 bridgehead atoms. The zero-order valence-corrected chi connectivity index (χ0v) is 10.9. The molecular weight excluding hydrogens is 275 g/mol. The highest BCUT2D eigenvalue weighted by Crippen LogP contribution is 2.16. The molecule has 7 heteroatoms. The van der Waals surface area contributed by atoms with Gasteiger partial charge < -0.3 is 5.73 Å². The van der Waals surface area contributed by atoms with Gasteiger partial charge in [0.05, 0.1) is 4.90 Å². The zero-order chi connectivity index (χ0) is 13.2. The van der Waals surface area contributed by atoms with Crippen molar-refractivity contribution in [1.29, 1.82) is 0 Å². The summed E-state index contributed by atoms with van der Waals surface area (Å²) in [6.45, 7) is 0.177. The van der Waals surface area contributed by atoms with Gasteiger partial charge in [0, 0.05) is 17.1 Å². The van der Waals surface area contributed by atoms with Crippen LogP contribution in [0.2, 0.25) is 0 Å². The smallest absolute Gasteiger partial charge is 0.241 e. The molecule has 0 aliphatic heterocycles. The monoisotopic (exact) mass is 286 g/mol. The maximum Gasteiger partial charge on any atom is 0.241 e. The maximum absolute atomic E-state index is 13.1. The second-order valence-corrected chi connectivity index (χ2v) is 6.42. The third-order valence-electron chi connectivity index (χ3n) is 2.22. The molecule has 2 aromatic rings. The number of rotatable bonds is 4. The van der Waals surface area contributed by atoms with Crippen molar-refractivity contribution in [2.75, 3.05) is 5.73 Å². The van der Waals surface area contributed by atoms with Gasteiger partial charge in [0.15, 0.2) is 0 Å². The van der Waals surface area contributed by atoms with E-state index < -0.39 is 15.8 Å². The van der Waals surface area contributed by atoms with Gasteiger partial charge in [0.2, 0.25) is 10.0 Å². The minimum absolute atomic E-state index is 0.0755. The van der Waals surface area contributed by atoms with Crippen LogP contribution in [0.25, 0.3) is 0 Å². The highest BCUT2D eigenvalue weighted by atomic mass is 32.2. The van der Waals surface area contributed by atoms with E-state index in [4.69, 9.17) is 5.73 Å². The molecule has 4 nitrogen and oxygen atoms in total. The molecule has 0 spiro atoms. The molecule has 0 atom stereocenters. The van der Waals surface area contributed by atoms with Gasteiger partial charge in [-0.15, -0.1) is 11.3 Å². The molecule has 18 heavy (non-hydrogen) atoms. The lowest BCUT2D eigenvalue weighted by atomic mass is 10.3. The molecule has 0 saturated heterocycles. The molecule has 0 aliphatic rings. The lowest BCUT2D eigenvalue weighted by molar-refractivity contribution is 0.578. The van der Waals surface area contributed by atoms with Gasteiger partial charge in [-0.2, -0.15) is 0 Å². The van der Waals surface area contributed by atoms with Crippen molar-refractivity contribution in [3.05, 3.63) is 46.4 Å². The number of hydrogen-bond donors (Lipinski definition) is 2. The summed E-state index contributed by atoms with van der Waals surface area (Å²) >= 11 is 1.44. The summed E-state index contributed by atoms with van der Waals surface area (Å²) in [5, 5.41) is 1.85. The Kier molecular flexibility index (Phi) is 3.65. The number of nitrogens with one attached hydrogen (secondary N) is 1. The first-order chi connectivity index (χ1) is 8.47. The van der Waals surface area contributed by atoms with Gasteiger partial charge in [-0.3, -0.25) is 0 Å². The van der Waals surface area contributed by atoms with Gasteiger partial charge in [0.25, 0.3) is 0 Å². The minimum atomic E-state index is -3.74. The predicted octanol–water partition coefficient (Wildman–Crippen LogP) is 1.95. The molecule has 1 heterocycles. The molecule has 1 aromatic carbocycles. The number of thiophene rings is 1. The summed E-state index contributed by atoms with van der Waals surface area (Å²) in [4.78, 5) is 0.708. The third kappa shape index (κ3) is 3.06. The quantitative estimate of drug-likeness (QED) is 0.844. The van der Waals surface area contributed by atoms with Crippen molar-refractivity contribution >= 4 is 27.0 Å². The van der Waals surface area contributed by atoms with E-state index in [1.165, 1.54) is 17.4 Å². The van der Waals surface area contributed by atoms with E-state index in [0.717, 1.165) is 17.0 Å². The number of benzene rings is 1. The number of halogens is 1. The molecule has 1 aromatic heterocycles. The van der Waals surface area contributed by atoms with Crippen molar-refractivity contribution in [2.45, 2.75) is 11.4 Å². The molecule has 96 valence electrons. The van der Waals surface area contributed by atoms with Crippen LogP contribution in [-0.2, 0) is 16.6 Å². The van der Waals surface area contributed by atoms with E-state index in [9.17, 15) is 12.8 Å². The molecule has 0 amide bonds. The van der Waals surface area contributed by atoms with Crippen molar-refractivity contribution in [2.24, 2.45) is 0 Å². The van der Waals surface area contributed by atoms with Crippen molar-refractivity contribution in [1.82, 2.24) is 4.72 Å². The normalized spacial score (nSPS) is 11.6. The van der Waals surface area contributed by atoms with E-state index >= 15 is 0 Å². The molecule has 0 saturated carbocycles. The van der Waals surface area contributed by atoms with E-state index in [1.54, 1.807) is 0 Å². The van der Waals surface area contributed by atoms with Crippen LogP contribution in [0.1, 0.15) is 4.88 Å². The molecule has 0 aliphatic carbocycles. The first kappa shape index (κ1) is 13.0. The largest absolute Gasteiger partial charge is 0.399 e. The van der Waals surface area contributed by atoms with Gasteiger partial charge in [-0.25, -0.2) is 17.5 Å². The fourth-order valence-electron chi connectivity index (χ4n) is 1.40. The van der Waals surface area contributed by atoms with Crippen LogP contribution >= 0.6 is 11.3 Å². The van der Waals surface area contributed by atoms with Crippen LogP contribution in [0.5, 0.6) is 0 Å². The lowest BCUT2D eigenvalue weighted by Crippen LogP contribution is -2.23. The van der Waals surface area contributed by atoms with Crippen LogP contribution in [0.3, 0.4) is 0 Å². The second kappa shape index (κ2) is 5.05. The predicted molar refractivity (Wildman–Crippen MR) is 69.2 cm³/mol. The van der Waals surface area contributed by atoms with Crippen LogP contribution < -0.4 is 10.5 Å². The summed E-state index contributed by atoms with van der Waals surface area (Å²) in [5.74, 6) is -0.675. The summed E-state index contributed by atoms with van der Waals surface area (Å²) in [5.41, 5.74) is 5.49. The highest BCUT2D eigenvalue weighted by molar-refractivity contribution is 7.89. The summed E-state index contributed by atoms with van der Waals surface area (Å²) < 4.78 is 39.3. The average molecular weight is 286 g/mol. The topological polar surface area (TPSA) is 72.2 Å². The Hall–Kier alpha value is -1.44. The number of sulfonamides is 1. The standard InChI is InChI=1S/C11H11FN2O2S2/c12-8-4-9(13)6-11(5-8)18(15,16)14-7-10-2-1-3-17-10/h1-6,14H,7,13H2. The molecule has 3 N–H and O–H groups in total. The van der Waals surface area contributed by atoms with E-state index in [-0.39, 0.29) is 17.1 Å². The molecule has 0 radical (unpaired) electrons. The Morgan fingerprint density at radius 1 is 1.33 bits per heavy atom. The van der Waals surface area contributed by atoms with E-state index in [2.05, 4.69) is 4.72 Å². The fraction of sp³-hybridized carbons (Fsp3) is 0.0909. The summed E-state index contributed by atoms with van der Waals surface area (Å²) in [7, 11) is -3.74. The molecule has 0 unspecified atom stereocenters. The highest BCUT2D eigenvalue weighted by Gasteiger charge is 2.15. The lowest BCUT2D eigenvalue weighted by Gasteiger charge is -2.06. The number of nitrogen functional groups attached to an aromatic ring is 1. The minimum Gasteiger partial charge on any atom is -0.399 e. The third-order valence-corrected chi connectivity index (χ3v) is 4.48. The SMILES string of the molecule is Nc1cc(F)cc(S(=O)(=O)NCc2cccs2)c1. The molecule has 0 fully saturated rings. The Balaban J connectivity index is 2.20. The van der Waals surface area contributed by atoms with E-state index in [1.807, 2.05) is 17.5 Å². The van der Waals surface area contributed by atoms with Crippen molar-refractivity contribution in [3.63, 3.8) is 0 Å².